The molecule has 1 unspecified atom stereocenters. The molecule has 2 aliphatic rings. The second-order valence-corrected chi connectivity index (χ2v) is 6.23. The van der Waals surface area contributed by atoms with Gasteiger partial charge in [-0.15, -0.1) is 0 Å². The van der Waals surface area contributed by atoms with E-state index in [2.05, 4.69) is 4.90 Å². The number of hydrogen-bond acceptors (Lipinski definition) is 3. The maximum Gasteiger partial charge on any atom is 0.270 e. The zero-order chi connectivity index (χ0) is 14.8. The van der Waals surface area contributed by atoms with E-state index < -0.39 is 0 Å². The summed E-state index contributed by atoms with van der Waals surface area (Å²) in [4.78, 5) is 17.3. The normalized spacial score (nSPS) is 23.7. The van der Waals surface area contributed by atoms with Crippen LogP contribution in [0.15, 0.2) is 12.3 Å². The fourth-order valence-electron chi connectivity index (χ4n) is 3.64. The fraction of sp³-hybridized carbons (Fsp3) is 0.688. The van der Waals surface area contributed by atoms with Crippen LogP contribution in [-0.2, 0) is 6.54 Å². The van der Waals surface area contributed by atoms with E-state index >= 15 is 0 Å². The molecule has 3 rings (SSSR count). The first-order valence-corrected chi connectivity index (χ1v) is 8.18. The highest BCUT2D eigenvalue weighted by atomic mass is 16.2. The molecule has 0 aromatic carbocycles. The van der Waals surface area contributed by atoms with Crippen molar-refractivity contribution < 1.29 is 4.79 Å². The maximum absolute atomic E-state index is 12.7. The van der Waals surface area contributed by atoms with Crippen LogP contribution in [0, 0.1) is 0 Å². The third-order valence-electron chi connectivity index (χ3n) is 4.84. The first-order chi connectivity index (χ1) is 10.2. The number of nitrogens with zero attached hydrogens (tertiary/aromatic N) is 3. The number of piperidine rings is 1. The summed E-state index contributed by atoms with van der Waals surface area (Å²) >= 11 is 0. The van der Waals surface area contributed by atoms with Crippen LogP contribution < -0.4 is 5.73 Å². The smallest absolute Gasteiger partial charge is 0.270 e. The number of amides is 1. The van der Waals surface area contributed by atoms with Gasteiger partial charge in [0.05, 0.1) is 5.69 Å². The minimum Gasteiger partial charge on any atom is -0.397 e. The van der Waals surface area contributed by atoms with Gasteiger partial charge in [-0.2, -0.15) is 0 Å². The zero-order valence-corrected chi connectivity index (χ0v) is 12.9. The highest BCUT2D eigenvalue weighted by Crippen LogP contribution is 2.22. The standard InChI is InChI=1S/C16H26N4O/c1-2-18-11-13(17)10-15(18)16(21)20-9-6-14(12-20)19-7-4-3-5-8-19/h10-11,14H,2-9,12,17H2,1H3. The Balaban J connectivity index is 1.66. The van der Waals surface area contributed by atoms with Crippen LogP contribution in [0.5, 0.6) is 0 Å². The fourth-order valence-corrected chi connectivity index (χ4v) is 3.64. The highest BCUT2D eigenvalue weighted by Gasteiger charge is 2.32. The molecule has 1 atom stereocenters. The van der Waals surface area contributed by atoms with E-state index in [1.54, 1.807) is 6.07 Å². The minimum absolute atomic E-state index is 0.132. The molecule has 0 radical (unpaired) electrons. The van der Waals surface area contributed by atoms with Crippen LogP contribution in [-0.4, -0.2) is 52.5 Å². The molecule has 2 saturated heterocycles. The molecule has 2 N–H and O–H groups in total. The number of nitrogens with two attached hydrogens (primary N) is 1. The average Bonchev–Trinajstić information content (AvgIpc) is 3.14. The summed E-state index contributed by atoms with van der Waals surface area (Å²) < 4.78 is 1.95. The lowest BCUT2D eigenvalue weighted by molar-refractivity contribution is 0.0761. The molecule has 0 spiro atoms. The van der Waals surface area contributed by atoms with Crippen LogP contribution in [0.2, 0.25) is 0 Å². The van der Waals surface area contributed by atoms with Crippen LogP contribution in [0.1, 0.15) is 43.1 Å². The lowest BCUT2D eigenvalue weighted by atomic mass is 10.1. The Morgan fingerprint density at radius 3 is 2.76 bits per heavy atom. The van der Waals surface area contributed by atoms with E-state index in [1.165, 1.54) is 32.4 Å². The molecule has 0 saturated carbocycles. The van der Waals surface area contributed by atoms with Crippen molar-refractivity contribution >= 4 is 11.6 Å². The van der Waals surface area contributed by atoms with Crippen LogP contribution in [0.3, 0.4) is 0 Å². The predicted molar refractivity (Wildman–Crippen MR) is 84.3 cm³/mol. The van der Waals surface area contributed by atoms with Gasteiger partial charge in [-0.3, -0.25) is 9.69 Å². The molecule has 0 aliphatic carbocycles. The quantitative estimate of drug-likeness (QED) is 0.923. The monoisotopic (exact) mass is 290 g/mol. The van der Waals surface area contributed by atoms with Gasteiger partial charge in [0.1, 0.15) is 5.69 Å². The molecule has 5 nitrogen and oxygen atoms in total. The van der Waals surface area contributed by atoms with Gasteiger partial charge >= 0.3 is 0 Å². The van der Waals surface area contributed by atoms with Crippen LogP contribution >= 0.6 is 0 Å². The molecule has 1 amide bonds. The average molecular weight is 290 g/mol. The zero-order valence-electron chi connectivity index (χ0n) is 12.9. The van der Waals surface area contributed by atoms with Gasteiger partial charge in [-0.25, -0.2) is 0 Å². The number of carbonyl (C=O) groups is 1. The molecule has 3 heterocycles. The van der Waals surface area contributed by atoms with E-state index in [4.69, 9.17) is 5.73 Å². The van der Waals surface area contributed by atoms with Gasteiger partial charge < -0.3 is 15.2 Å². The van der Waals surface area contributed by atoms with Crippen molar-refractivity contribution in [3.63, 3.8) is 0 Å². The Kier molecular flexibility index (Phi) is 4.19. The molecule has 1 aromatic rings. The Morgan fingerprint density at radius 2 is 2.05 bits per heavy atom. The van der Waals surface area contributed by atoms with Crippen molar-refractivity contribution in [3.8, 4) is 0 Å². The summed E-state index contributed by atoms with van der Waals surface area (Å²) in [6, 6.07) is 2.36. The summed E-state index contributed by atoms with van der Waals surface area (Å²) in [6.07, 6.45) is 6.92. The molecule has 0 bridgehead atoms. The molecule has 21 heavy (non-hydrogen) atoms. The minimum atomic E-state index is 0.132. The second kappa shape index (κ2) is 6.10. The van der Waals surface area contributed by atoms with E-state index in [-0.39, 0.29) is 5.91 Å². The van der Waals surface area contributed by atoms with Crippen molar-refractivity contribution in [1.29, 1.82) is 0 Å². The second-order valence-electron chi connectivity index (χ2n) is 6.23. The third-order valence-corrected chi connectivity index (χ3v) is 4.84. The Hall–Kier alpha value is -1.49. The maximum atomic E-state index is 12.7. The van der Waals surface area contributed by atoms with E-state index in [1.807, 2.05) is 22.6 Å². The number of aryl methyl sites for hydroxylation is 1. The lowest BCUT2D eigenvalue weighted by Gasteiger charge is -2.32. The lowest BCUT2D eigenvalue weighted by Crippen LogP contribution is -2.41. The van der Waals surface area contributed by atoms with Gasteiger partial charge in [-0.1, -0.05) is 6.42 Å². The number of aromatic nitrogens is 1. The summed E-state index contributed by atoms with van der Waals surface area (Å²) in [5.74, 6) is 0.132. The molecular formula is C16H26N4O. The third kappa shape index (κ3) is 2.93. The summed E-state index contributed by atoms with van der Waals surface area (Å²) in [5, 5.41) is 0. The van der Waals surface area contributed by atoms with Crippen molar-refractivity contribution in [2.45, 2.75) is 45.2 Å². The molecule has 2 fully saturated rings. The Labute approximate surface area is 126 Å². The molecule has 116 valence electrons. The van der Waals surface area contributed by atoms with E-state index in [0.29, 0.717) is 11.7 Å². The Bertz CT molecular complexity index is 504. The number of nitrogen functional groups attached to an aromatic ring is 1. The number of hydrogen-bond donors (Lipinski definition) is 1. The SMILES string of the molecule is CCn1cc(N)cc1C(=O)N1CCC(N2CCCCC2)C1. The van der Waals surface area contributed by atoms with Crippen LogP contribution in [0.4, 0.5) is 5.69 Å². The number of likely N-dealkylation sites (tertiary alicyclic amines) is 2. The van der Waals surface area contributed by atoms with Crippen molar-refractivity contribution in [3.05, 3.63) is 18.0 Å². The number of rotatable bonds is 3. The van der Waals surface area contributed by atoms with Gasteiger partial charge in [0.2, 0.25) is 0 Å². The van der Waals surface area contributed by atoms with Gasteiger partial charge in [0.15, 0.2) is 0 Å². The molecule has 1 aromatic heterocycles. The first kappa shape index (κ1) is 14.4. The van der Waals surface area contributed by atoms with E-state index in [0.717, 1.165) is 31.7 Å². The first-order valence-electron chi connectivity index (χ1n) is 8.18. The molecular weight excluding hydrogens is 264 g/mol. The van der Waals surface area contributed by atoms with Gasteiger partial charge in [-0.05, 0) is 45.3 Å². The highest BCUT2D eigenvalue weighted by molar-refractivity contribution is 5.94. The van der Waals surface area contributed by atoms with Gasteiger partial charge in [0, 0.05) is 31.9 Å². The summed E-state index contributed by atoms with van der Waals surface area (Å²) in [5.41, 5.74) is 7.24. The van der Waals surface area contributed by atoms with Crippen LogP contribution in [0.25, 0.3) is 0 Å². The van der Waals surface area contributed by atoms with E-state index in [9.17, 15) is 4.79 Å². The van der Waals surface area contributed by atoms with Crippen molar-refractivity contribution in [1.82, 2.24) is 14.4 Å². The largest absolute Gasteiger partial charge is 0.397 e. The summed E-state index contributed by atoms with van der Waals surface area (Å²) in [7, 11) is 0. The predicted octanol–water partition coefficient (Wildman–Crippen LogP) is 1.79. The number of anilines is 1. The molecule has 2 aliphatic heterocycles. The van der Waals surface area contributed by atoms with Crippen molar-refractivity contribution in [2.75, 3.05) is 31.9 Å². The van der Waals surface area contributed by atoms with Crippen molar-refractivity contribution in [2.24, 2.45) is 0 Å². The summed E-state index contributed by atoms with van der Waals surface area (Å²) in [6.45, 7) is 6.96. The molecule has 5 heteroatoms. The topological polar surface area (TPSA) is 54.5 Å². The Morgan fingerprint density at radius 1 is 1.29 bits per heavy atom. The van der Waals surface area contributed by atoms with Gasteiger partial charge in [0.25, 0.3) is 5.91 Å². The number of carbonyl (C=O) groups excluding carboxylic acids is 1.